The van der Waals surface area contributed by atoms with Crippen molar-refractivity contribution in [2.24, 2.45) is 0 Å². The van der Waals surface area contributed by atoms with Gasteiger partial charge in [0.15, 0.2) is 0 Å². The van der Waals surface area contributed by atoms with Gasteiger partial charge in [0, 0.05) is 25.2 Å². The summed E-state index contributed by atoms with van der Waals surface area (Å²) in [5, 5.41) is 2.83. The summed E-state index contributed by atoms with van der Waals surface area (Å²) >= 11 is 10.6. The van der Waals surface area contributed by atoms with Crippen LogP contribution in [-0.2, 0) is 9.59 Å². The highest BCUT2D eigenvalue weighted by atomic mass is 32.1. The summed E-state index contributed by atoms with van der Waals surface area (Å²) < 4.78 is 0. The first-order chi connectivity index (χ1) is 12.8. The maximum absolute atomic E-state index is 12.1. The molecule has 2 N–H and O–H groups in total. The first-order valence-corrected chi connectivity index (χ1v) is 9.11. The van der Waals surface area contributed by atoms with E-state index >= 15 is 0 Å². The average Bonchev–Trinajstić information content (AvgIpc) is 2.65. The molecule has 0 atom stereocenters. The number of hydrogen-bond donors (Lipinski definition) is 2. The average molecular weight is 405 g/mol. The van der Waals surface area contributed by atoms with Crippen molar-refractivity contribution in [2.45, 2.75) is 20.3 Å². The van der Waals surface area contributed by atoms with Crippen molar-refractivity contribution in [3.8, 4) is 0 Å². The van der Waals surface area contributed by atoms with Gasteiger partial charge < -0.3 is 0 Å². The Balaban J connectivity index is 2.55. The Kier molecular flexibility index (Phi) is 9.32. The SMILES string of the molecule is C/C=C\C(=C/C)C(=S)N(C)NC(=O)CC(=O)NN(C)C(=S)c1ccccc1. The predicted molar refractivity (Wildman–Crippen MR) is 116 cm³/mol. The molecule has 0 spiro atoms. The molecule has 0 saturated carbocycles. The van der Waals surface area contributed by atoms with E-state index in [0.29, 0.717) is 9.98 Å². The molecule has 0 aliphatic rings. The molecule has 0 heterocycles. The van der Waals surface area contributed by atoms with Crippen LogP contribution >= 0.6 is 24.4 Å². The number of amides is 2. The molecule has 2 amide bonds. The summed E-state index contributed by atoms with van der Waals surface area (Å²) in [4.78, 5) is 25.1. The van der Waals surface area contributed by atoms with Gasteiger partial charge in [-0.05, 0) is 13.8 Å². The molecule has 27 heavy (non-hydrogen) atoms. The Morgan fingerprint density at radius 2 is 1.56 bits per heavy atom. The Morgan fingerprint density at radius 3 is 2.07 bits per heavy atom. The smallest absolute Gasteiger partial charge is 0.248 e. The molecular formula is C19H24N4O2S2. The molecule has 144 valence electrons. The van der Waals surface area contributed by atoms with Gasteiger partial charge in [0.2, 0.25) is 11.8 Å². The lowest BCUT2D eigenvalue weighted by Gasteiger charge is -2.23. The fourth-order valence-electron chi connectivity index (χ4n) is 2.14. The van der Waals surface area contributed by atoms with E-state index in [-0.39, 0.29) is 6.42 Å². The molecular weight excluding hydrogens is 380 g/mol. The van der Waals surface area contributed by atoms with Crippen LogP contribution in [0.15, 0.2) is 54.1 Å². The predicted octanol–water partition coefficient (Wildman–Crippen LogP) is 2.53. The number of benzene rings is 1. The van der Waals surface area contributed by atoms with Crippen LogP contribution in [0.4, 0.5) is 0 Å². The van der Waals surface area contributed by atoms with Crippen molar-refractivity contribution in [2.75, 3.05) is 14.1 Å². The highest BCUT2D eigenvalue weighted by molar-refractivity contribution is 7.81. The van der Waals surface area contributed by atoms with Gasteiger partial charge in [-0.3, -0.25) is 30.5 Å². The van der Waals surface area contributed by atoms with Gasteiger partial charge in [-0.2, -0.15) is 0 Å². The van der Waals surface area contributed by atoms with Gasteiger partial charge in [0.05, 0.1) is 0 Å². The van der Waals surface area contributed by atoms with Gasteiger partial charge in [0.1, 0.15) is 16.4 Å². The lowest BCUT2D eigenvalue weighted by molar-refractivity contribution is -0.132. The Hall–Kier alpha value is -2.58. The van der Waals surface area contributed by atoms with E-state index in [4.69, 9.17) is 24.4 Å². The number of nitrogens with one attached hydrogen (secondary N) is 2. The van der Waals surface area contributed by atoms with Crippen LogP contribution < -0.4 is 10.9 Å². The number of likely N-dealkylation sites (N-methyl/N-ethyl adjacent to an activating group) is 1. The number of rotatable bonds is 5. The van der Waals surface area contributed by atoms with Crippen LogP contribution in [-0.4, -0.2) is 45.9 Å². The Labute approximate surface area is 170 Å². The monoisotopic (exact) mass is 404 g/mol. The quantitative estimate of drug-likeness (QED) is 0.259. The molecule has 0 fully saturated rings. The first-order valence-electron chi connectivity index (χ1n) is 8.29. The van der Waals surface area contributed by atoms with Crippen molar-refractivity contribution >= 4 is 46.2 Å². The second-order valence-corrected chi connectivity index (χ2v) is 6.36. The Morgan fingerprint density at radius 1 is 1.00 bits per heavy atom. The van der Waals surface area contributed by atoms with Crippen molar-refractivity contribution in [1.82, 2.24) is 20.9 Å². The third kappa shape index (κ3) is 7.28. The van der Waals surface area contributed by atoms with Gasteiger partial charge in [0.25, 0.3) is 0 Å². The zero-order chi connectivity index (χ0) is 20.4. The number of thiocarbonyl (C=S) groups is 2. The summed E-state index contributed by atoms with van der Waals surface area (Å²) in [6.45, 7) is 3.74. The van der Waals surface area contributed by atoms with Crippen LogP contribution in [0.2, 0.25) is 0 Å². The number of nitrogens with zero attached hydrogens (tertiary/aromatic N) is 2. The van der Waals surface area contributed by atoms with E-state index < -0.39 is 11.8 Å². The number of hydrazine groups is 2. The molecule has 0 unspecified atom stereocenters. The normalized spacial score (nSPS) is 11.0. The number of carbonyl (C=O) groups is 2. The summed E-state index contributed by atoms with van der Waals surface area (Å²) in [5.41, 5.74) is 6.77. The van der Waals surface area contributed by atoms with Crippen molar-refractivity contribution < 1.29 is 9.59 Å². The van der Waals surface area contributed by atoms with E-state index in [1.807, 2.05) is 62.4 Å². The van der Waals surface area contributed by atoms with Crippen molar-refractivity contribution in [3.05, 3.63) is 59.7 Å². The third-order valence-corrected chi connectivity index (χ3v) is 4.46. The van der Waals surface area contributed by atoms with Crippen molar-refractivity contribution in [1.29, 1.82) is 0 Å². The summed E-state index contributed by atoms with van der Waals surface area (Å²) in [6, 6.07) is 9.28. The zero-order valence-electron chi connectivity index (χ0n) is 15.9. The highest BCUT2D eigenvalue weighted by Crippen LogP contribution is 2.05. The fourth-order valence-corrected chi connectivity index (χ4v) is 2.55. The molecule has 0 aliphatic heterocycles. The van der Waals surface area contributed by atoms with Crippen molar-refractivity contribution in [3.63, 3.8) is 0 Å². The molecule has 1 aromatic rings. The molecule has 0 aliphatic carbocycles. The van der Waals surface area contributed by atoms with E-state index in [1.54, 1.807) is 14.1 Å². The van der Waals surface area contributed by atoms with E-state index in [1.165, 1.54) is 10.0 Å². The van der Waals surface area contributed by atoms with Gasteiger partial charge >= 0.3 is 0 Å². The largest absolute Gasteiger partial charge is 0.277 e. The standard InChI is InChI=1S/C19H24N4O2S2/c1-5-10-14(6-2)18(26)22(3)20-16(24)13-17(25)21-23(4)19(27)15-11-8-7-9-12-15/h5-12H,13H2,1-4H3,(H,20,24)(H,21,25)/b10-5-,14-6+. The minimum absolute atomic E-state index is 0.358. The van der Waals surface area contributed by atoms with E-state index in [2.05, 4.69) is 10.9 Å². The van der Waals surface area contributed by atoms with E-state index in [0.717, 1.165) is 11.1 Å². The van der Waals surface area contributed by atoms with Crippen LogP contribution in [0, 0.1) is 0 Å². The maximum Gasteiger partial charge on any atom is 0.248 e. The molecule has 1 rings (SSSR count). The number of carbonyl (C=O) groups excluding carboxylic acids is 2. The minimum Gasteiger partial charge on any atom is -0.277 e. The van der Waals surface area contributed by atoms with Gasteiger partial charge in [-0.25, -0.2) is 0 Å². The van der Waals surface area contributed by atoms with Crippen LogP contribution in [0.25, 0.3) is 0 Å². The number of hydrogen-bond acceptors (Lipinski definition) is 4. The number of allylic oxidation sites excluding steroid dienone is 2. The molecule has 0 bridgehead atoms. The third-order valence-electron chi connectivity index (χ3n) is 3.44. The maximum atomic E-state index is 12.1. The van der Waals surface area contributed by atoms with Crippen LogP contribution in [0.1, 0.15) is 25.8 Å². The second-order valence-electron chi connectivity index (χ2n) is 5.59. The highest BCUT2D eigenvalue weighted by Gasteiger charge is 2.16. The van der Waals surface area contributed by atoms with Gasteiger partial charge in [-0.1, -0.05) is 73.0 Å². The van der Waals surface area contributed by atoms with E-state index in [9.17, 15) is 9.59 Å². The molecule has 8 heteroatoms. The molecule has 0 saturated heterocycles. The topological polar surface area (TPSA) is 64.7 Å². The first kappa shape index (κ1) is 22.5. The van der Waals surface area contributed by atoms with Gasteiger partial charge in [-0.15, -0.1) is 0 Å². The zero-order valence-corrected chi connectivity index (χ0v) is 17.5. The Bertz CT molecular complexity index is 760. The van der Waals surface area contributed by atoms with Crippen LogP contribution in [0.3, 0.4) is 0 Å². The summed E-state index contributed by atoms with van der Waals surface area (Å²) in [7, 11) is 3.25. The second kappa shape index (κ2) is 11.2. The molecule has 0 radical (unpaired) electrons. The minimum atomic E-state index is -0.479. The molecule has 1 aromatic carbocycles. The molecule has 0 aromatic heterocycles. The fraction of sp³-hybridized carbons (Fsp3) is 0.263. The molecule has 6 nitrogen and oxygen atoms in total. The lowest BCUT2D eigenvalue weighted by Crippen LogP contribution is -2.47. The lowest BCUT2D eigenvalue weighted by atomic mass is 10.2. The summed E-state index contributed by atoms with van der Waals surface area (Å²) in [5.74, 6) is -0.959. The summed E-state index contributed by atoms with van der Waals surface area (Å²) in [6.07, 6.45) is 5.19. The van der Waals surface area contributed by atoms with Crippen LogP contribution in [0.5, 0.6) is 0 Å².